The summed E-state index contributed by atoms with van der Waals surface area (Å²) in [7, 11) is 0. The van der Waals surface area contributed by atoms with Crippen LogP contribution in [0.5, 0.6) is 0 Å². The van der Waals surface area contributed by atoms with Crippen LogP contribution in [0.2, 0.25) is 0 Å². The topological polar surface area (TPSA) is 60.3 Å². The molecular formula is C21H27FN2O3. The molecule has 1 aromatic heterocycles. The maximum absolute atomic E-state index is 13.0. The van der Waals surface area contributed by atoms with Crippen molar-refractivity contribution in [1.82, 2.24) is 9.88 Å². The van der Waals surface area contributed by atoms with Crippen molar-refractivity contribution in [2.24, 2.45) is 0 Å². The SMILES string of the molecule is CCOC(=O)c1c(C)c(C(=O)C(C)NCc2ccc(F)cc2)c(C)n1CC. The first-order chi connectivity index (χ1) is 12.8. The fraction of sp³-hybridized carbons (Fsp3) is 0.429. The van der Waals surface area contributed by atoms with Crippen LogP contribution < -0.4 is 5.32 Å². The molecule has 0 aliphatic heterocycles. The van der Waals surface area contributed by atoms with E-state index in [0.717, 1.165) is 11.3 Å². The van der Waals surface area contributed by atoms with Crippen LogP contribution in [0.25, 0.3) is 0 Å². The number of Topliss-reactive ketones (excluding diaryl/α,β-unsaturated/α-hetero) is 1. The van der Waals surface area contributed by atoms with Crippen molar-refractivity contribution in [1.29, 1.82) is 0 Å². The molecule has 0 radical (unpaired) electrons. The van der Waals surface area contributed by atoms with Gasteiger partial charge in [0.15, 0.2) is 5.78 Å². The van der Waals surface area contributed by atoms with Crippen molar-refractivity contribution in [2.75, 3.05) is 6.61 Å². The molecular weight excluding hydrogens is 347 g/mol. The van der Waals surface area contributed by atoms with E-state index in [2.05, 4.69) is 5.32 Å². The molecule has 0 spiro atoms. The summed E-state index contributed by atoms with van der Waals surface area (Å²) in [6.07, 6.45) is 0. The molecule has 0 saturated heterocycles. The average Bonchev–Trinajstić information content (AvgIpc) is 2.90. The summed E-state index contributed by atoms with van der Waals surface area (Å²) in [4.78, 5) is 25.4. The van der Waals surface area contributed by atoms with Crippen molar-refractivity contribution in [3.63, 3.8) is 0 Å². The van der Waals surface area contributed by atoms with Crippen molar-refractivity contribution in [3.05, 3.63) is 58.2 Å². The highest BCUT2D eigenvalue weighted by atomic mass is 19.1. The molecule has 27 heavy (non-hydrogen) atoms. The van der Waals surface area contributed by atoms with E-state index in [-0.39, 0.29) is 18.2 Å². The largest absolute Gasteiger partial charge is 0.461 e. The Morgan fingerprint density at radius 3 is 2.37 bits per heavy atom. The number of nitrogens with one attached hydrogen (secondary N) is 1. The average molecular weight is 374 g/mol. The number of hydrogen-bond acceptors (Lipinski definition) is 4. The minimum atomic E-state index is -0.449. The van der Waals surface area contributed by atoms with Crippen molar-refractivity contribution in [3.8, 4) is 0 Å². The third kappa shape index (κ3) is 4.45. The lowest BCUT2D eigenvalue weighted by molar-refractivity contribution is 0.0512. The van der Waals surface area contributed by atoms with Crippen molar-refractivity contribution < 1.29 is 18.7 Å². The summed E-state index contributed by atoms with van der Waals surface area (Å²) >= 11 is 0. The van der Waals surface area contributed by atoms with Gasteiger partial charge in [-0.3, -0.25) is 4.79 Å². The van der Waals surface area contributed by atoms with Gasteiger partial charge in [0, 0.05) is 24.3 Å². The monoisotopic (exact) mass is 374 g/mol. The van der Waals surface area contributed by atoms with Gasteiger partial charge in [-0.2, -0.15) is 0 Å². The van der Waals surface area contributed by atoms with Crippen LogP contribution >= 0.6 is 0 Å². The summed E-state index contributed by atoms with van der Waals surface area (Å²) < 4.78 is 20.0. The molecule has 1 unspecified atom stereocenters. The first-order valence-corrected chi connectivity index (χ1v) is 9.20. The standard InChI is InChI=1S/C21H27FN2O3/c1-6-24-15(5)18(13(3)19(24)21(26)27-7-2)20(25)14(4)23-12-16-8-10-17(22)11-9-16/h8-11,14,23H,6-7,12H2,1-5H3. The van der Waals surface area contributed by atoms with Crippen LogP contribution in [-0.4, -0.2) is 29.0 Å². The van der Waals surface area contributed by atoms with Crippen LogP contribution in [0.3, 0.4) is 0 Å². The number of aromatic nitrogens is 1. The third-order valence-corrected chi connectivity index (χ3v) is 4.72. The molecule has 6 heteroatoms. The maximum atomic E-state index is 13.0. The van der Waals surface area contributed by atoms with E-state index in [1.54, 1.807) is 32.9 Å². The molecule has 146 valence electrons. The Bertz CT molecular complexity index is 825. The predicted octanol–water partition coefficient (Wildman–Crippen LogP) is 3.80. The van der Waals surface area contributed by atoms with Gasteiger partial charge in [0.25, 0.3) is 0 Å². The van der Waals surface area contributed by atoms with Crippen molar-refractivity contribution in [2.45, 2.75) is 53.8 Å². The zero-order valence-electron chi connectivity index (χ0n) is 16.6. The summed E-state index contributed by atoms with van der Waals surface area (Å²) in [5, 5.41) is 3.17. The number of benzene rings is 1. The highest BCUT2D eigenvalue weighted by Gasteiger charge is 2.28. The lowest BCUT2D eigenvalue weighted by Crippen LogP contribution is -2.34. The Balaban J connectivity index is 2.24. The van der Waals surface area contributed by atoms with Gasteiger partial charge < -0.3 is 14.6 Å². The second kappa shape index (κ2) is 8.95. The Morgan fingerprint density at radius 1 is 1.19 bits per heavy atom. The molecule has 0 bridgehead atoms. The first-order valence-electron chi connectivity index (χ1n) is 9.20. The van der Waals surface area contributed by atoms with E-state index in [9.17, 15) is 14.0 Å². The molecule has 1 heterocycles. The second-order valence-electron chi connectivity index (χ2n) is 6.49. The molecule has 1 N–H and O–H groups in total. The van der Waals surface area contributed by atoms with Gasteiger partial charge >= 0.3 is 5.97 Å². The molecule has 5 nitrogen and oxygen atoms in total. The van der Waals surface area contributed by atoms with E-state index in [1.807, 2.05) is 18.4 Å². The summed E-state index contributed by atoms with van der Waals surface area (Å²) in [5.74, 6) is -0.780. The predicted molar refractivity (Wildman–Crippen MR) is 103 cm³/mol. The number of nitrogens with zero attached hydrogens (tertiary/aromatic N) is 1. The van der Waals surface area contributed by atoms with Crippen LogP contribution in [0, 0.1) is 19.7 Å². The first kappa shape index (κ1) is 20.8. The van der Waals surface area contributed by atoms with Gasteiger partial charge in [-0.05, 0) is 57.9 Å². The number of esters is 1. The maximum Gasteiger partial charge on any atom is 0.355 e. The Kier molecular flexibility index (Phi) is 6.91. The summed E-state index contributed by atoms with van der Waals surface area (Å²) in [6, 6.07) is 5.70. The fourth-order valence-corrected chi connectivity index (χ4v) is 3.30. The normalized spacial score (nSPS) is 12.1. The highest BCUT2D eigenvalue weighted by molar-refractivity contribution is 6.05. The zero-order chi connectivity index (χ0) is 20.1. The highest BCUT2D eigenvalue weighted by Crippen LogP contribution is 2.24. The van der Waals surface area contributed by atoms with Gasteiger partial charge in [0.1, 0.15) is 11.5 Å². The molecule has 2 aromatic rings. The van der Waals surface area contributed by atoms with Gasteiger partial charge in [0.2, 0.25) is 0 Å². The summed E-state index contributed by atoms with van der Waals surface area (Å²) in [6.45, 7) is 10.4. The number of ketones is 1. The molecule has 2 rings (SSSR count). The van der Waals surface area contributed by atoms with E-state index in [0.29, 0.717) is 29.9 Å². The summed E-state index contributed by atoms with van der Waals surface area (Å²) in [5.41, 5.74) is 3.29. The van der Waals surface area contributed by atoms with Crippen LogP contribution in [0.4, 0.5) is 4.39 Å². The second-order valence-corrected chi connectivity index (χ2v) is 6.49. The smallest absolute Gasteiger partial charge is 0.355 e. The third-order valence-electron chi connectivity index (χ3n) is 4.72. The Hall–Kier alpha value is -2.47. The molecule has 0 aliphatic rings. The van der Waals surface area contributed by atoms with Crippen LogP contribution in [-0.2, 0) is 17.8 Å². The minimum absolute atomic E-state index is 0.0788. The number of carbonyl (C=O) groups is 2. The molecule has 0 saturated carbocycles. The number of carbonyl (C=O) groups excluding carboxylic acids is 2. The van der Waals surface area contributed by atoms with Gasteiger partial charge in [-0.25, -0.2) is 9.18 Å². The quantitative estimate of drug-likeness (QED) is 0.564. The van der Waals surface area contributed by atoms with Gasteiger partial charge in [-0.1, -0.05) is 12.1 Å². The molecule has 1 atom stereocenters. The van der Waals surface area contributed by atoms with E-state index in [1.165, 1.54) is 12.1 Å². The Labute approximate surface area is 159 Å². The van der Waals surface area contributed by atoms with Crippen LogP contribution in [0.1, 0.15) is 58.4 Å². The number of halogens is 1. The minimum Gasteiger partial charge on any atom is -0.461 e. The molecule has 0 amide bonds. The molecule has 1 aromatic carbocycles. The van der Waals surface area contributed by atoms with Crippen molar-refractivity contribution >= 4 is 11.8 Å². The van der Waals surface area contributed by atoms with Crippen LogP contribution in [0.15, 0.2) is 24.3 Å². The zero-order valence-corrected chi connectivity index (χ0v) is 16.6. The van der Waals surface area contributed by atoms with E-state index < -0.39 is 12.0 Å². The fourth-order valence-electron chi connectivity index (χ4n) is 3.30. The van der Waals surface area contributed by atoms with E-state index >= 15 is 0 Å². The lowest BCUT2D eigenvalue weighted by atomic mass is 10.0. The van der Waals surface area contributed by atoms with Gasteiger partial charge in [0.05, 0.1) is 12.6 Å². The molecule has 0 aliphatic carbocycles. The number of ether oxygens (including phenoxy) is 1. The van der Waals surface area contributed by atoms with E-state index in [4.69, 9.17) is 4.74 Å². The Morgan fingerprint density at radius 2 is 1.81 bits per heavy atom. The lowest BCUT2D eigenvalue weighted by Gasteiger charge is -2.14. The number of hydrogen-bond donors (Lipinski definition) is 1. The van der Waals surface area contributed by atoms with Gasteiger partial charge in [-0.15, -0.1) is 0 Å². The molecule has 0 fully saturated rings. The number of rotatable bonds is 8.